The molecule has 0 bridgehead atoms. The van der Waals surface area contributed by atoms with Gasteiger partial charge in [-0.3, -0.25) is 4.79 Å². The monoisotopic (exact) mass is 254 g/mol. The Hall–Kier alpha value is -0.570. The van der Waals surface area contributed by atoms with E-state index >= 15 is 0 Å². The van der Waals surface area contributed by atoms with Gasteiger partial charge in [0.1, 0.15) is 0 Å². The number of nitrogens with one attached hydrogen (secondary N) is 1. The first kappa shape index (κ1) is 15.5. The molecular formula is C15H30N2O. The number of piperidine rings is 1. The van der Waals surface area contributed by atoms with Crippen molar-refractivity contribution >= 4 is 5.91 Å². The Morgan fingerprint density at radius 2 is 1.94 bits per heavy atom. The van der Waals surface area contributed by atoms with E-state index in [-0.39, 0.29) is 11.3 Å². The lowest BCUT2D eigenvalue weighted by atomic mass is 9.84. The summed E-state index contributed by atoms with van der Waals surface area (Å²) in [6, 6.07) is 0.461. The fourth-order valence-corrected chi connectivity index (χ4v) is 2.70. The third-order valence-electron chi connectivity index (χ3n) is 3.85. The van der Waals surface area contributed by atoms with E-state index in [1.54, 1.807) is 0 Å². The molecule has 1 saturated heterocycles. The summed E-state index contributed by atoms with van der Waals surface area (Å²) in [5, 5.41) is 3.51. The minimum absolute atomic E-state index is 0.268. The number of nitrogens with zero attached hydrogens (tertiary/aromatic N) is 1. The standard InChI is InChI=1S/C15H30N2O/c1-7-16-13-8-12(11(2)3)9-17(10-13)14(18)15(4,5)6/h11-13,16H,7-10H2,1-6H3. The van der Waals surface area contributed by atoms with Crippen molar-refractivity contribution in [1.82, 2.24) is 10.2 Å². The SMILES string of the molecule is CCNC1CC(C(C)C)CN(C(=O)C(C)(C)C)C1. The zero-order valence-corrected chi connectivity index (χ0v) is 12.9. The van der Waals surface area contributed by atoms with Gasteiger partial charge in [-0.05, 0) is 24.8 Å². The van der Waals surface area contributed by atoms with Crippen LogP contribution in [0.5, 0.6) is 0 Å². The number of hydrogen-bond acceptors (Lipinski definition) is 2. The molecule has 0 radical (unpaired) electrons. The molecule has 2 atom stereocenters. The molecule has 0 spiro atoms. The van der Waals surface area contributed by atoms with E-state index in [4.69, 9.17) is 0 Å². The van der Waals surface area contributed by atoms with Gasteiger partial charge in [-0.2, -0.15) is 0 Å². The van der Waals surface area contributed by atoms with Crippen LogP contribution in [0.4, 0.5) is 0 Å². The van der Waals surface area contributed by atoms with Crippen molar-refractivity contribution in [2.45, 2.75) is 54.0 Å². The number of amides is 1. The van der Waals surface area contributed by atoms with E-state index in [1.165, 1.54) is 6.42 Å². The van der Waals surface area contributed by atoms with E-state index in [2.05, 4.69) is 31.0 Å². The van der Waals surface area contributed by atoms with Crippen LogP contribution in [-0.2, 0) is 4.79 Å². The summed E-state index contributed by atoms with van der Waals surface area (Å²) in [7, 11) is 0. The summed E-state index contributed by atoms with van der Waals surface area (Å²) in [5.41, 5.74) is -0.268. The van der Waals surface area contributed by atoms with E-state index in [9.17, 15) is 4.79 Å². The maximum Gasteiger partial charge on any atom is 0.228 e. The van der Waals surface area contributed by atoms with Crippen LogP contribution in [0, 0.1) is 17.3 Å². The van der Waals surface area contributed by atoms with Crippen LogP contribution in [0.15, 0.2) is 0 Å². The molecule has 2 unspecified atom stereocenters. The summed E-state index contributed by atoms with van der Waals surface area (Å²) in [6.45, 7) is 15.5. The molecule has 106 valence electrons. The second-order valence-corrected chi connectivity index (χ2v) is 6.95. The third-order valence-corrected chi connectivity index (χ3v) is 3.85. The van der Waals surface area contributed by atoms with Crippen LogP contribution < -0.4 is 5.32 Å². The number of rotatable bonds is 3. The normalized spacial score (nSPS) is 25.6. The van der Waals surface area contributed by atoms with E-state index in [1.807, 2.05) is 20.8 Å². The lowest BCUT2D eigenvalue weighted by Crippen LogP contribution is -2.54. The van der Waals surface area contributed by atoms with E-state index < -0.39 is 0 Å². The van der Waals surface area contributed by atoms with Crippen LogP contribution in [0.25, 0.3) is 0 Å². The Labute approximate surface area is 112 Å². The first-order valence-corrected chi connectivity index (χ1v) is 7.28. The van der Waals surface area contributed by atoms with Gasteiger partial charge in [-0.15, -0.1) is 0 Å². The average Bonchev–Trinajstić information content (AvgIpc) is 2.26. The fourth-order valence-electron chi connectivity index (χ4n) is 2.70. The number of likely N-dealkylation sites (tertiary alicyclic amines) is 1. The van der Waals surface area contributed by atoms with Crippen molar-refractivity contribution in [3.63, 3.8) is 0 Å². The Morgan fingerprint density at radius 1 is 1.33 bits per heavy atom. The predicted molar refractivity (Wildman–Crippen MR) is 76.4 cm³/mol. The molecule has 1 aliphatic rings. The van der Waals surface area contributed by atoms with Crippen LogP contribution in [0.1, 0.15) is 48.0 Å². The van der Waals surface area contributed by atoms with Gasteiger partial charge in [0.05, 0.1) is 0 Å². The van der Waals surface area contributed by atoms with Gasteiger partial charge in [0.15, 0.2) is 0 Å². The second-order valence-electron chi connectivity index (χ2n) is 6.95. The van der Waals surface area contributed by atoms with E-state index in [0.717, 1.165) is 19.6 Å². The van der Waals surface area contributed by atoms with Crippen molar-refractivity contribution in [2.24, 2.45) is 17.3 Å². The van der Waals surface area contributed by atoms with Crippen LogP contribution in [-0.4, -0.2) is 36.5 Å². The number of likely N-dealkylation sites (N-methyl/N-ethyl adjacent to an activating group) is 1. The zero-order valence-electron chi connectivity index (χ0n) is 12.9. The quantitative estimate of drug-likeness (QED) is 0.839. The Balaban J connectivity index is 2.75. The Bertz CT molecular complexity index is 281. The molecule has 0 aromatic carbocycles. The predicted octanol–water partition coefficient (Wildman–Crippen LogP) is 2.52. The van der Waals surface area contributed by atoms with Gasteiger partial charge in [-0.25, -0.2) is 0 Å². The molecule has 1 fully saturated rings. The third kappa shape index (κ3) is 3.98. The highest BCUT2D eigenvalue weighted by Gasteiger charge is 2.35. The van der Waals surface area contributed by atoms with E-state index in [0.29, 0.717) is 17.9 Å². The van der Waals surface area contributed by atoms with Crippen molar-refractivity contribution in [1.29, 1.82) is 0 Å². The van der Waals surface area contributed by atoms with Gasteiger partial charge < -0.3 is 10.2 Å². The fraction of sp³-hybridized carbons (Fsp3) is 0.933. The minimum Gasteiger partial charge on any atom is -0.340 e. The maximum absolute atomic E-state index is 12.4. The molecule has 1 heterocycles. The van der Waals surface area contributed by atoms with Crippen molar-refractivity contribution in [2.75, 3.05) is 19.6 Å². The molecule has 1 N–H and O–H groups in total. The molecule has 0 aromatic heterocycles. The molecular weight excluding hydrogens is 224 g/mol. The van der Waals surface area contributed by atoms with Gasteiger partial charge in [-0.1, -0.05) is 41.5 Å². The molecule has 1 amide bonds. The molecule has 1 aliphatic heterocycles. The molecule has 3 nitrogen and oxygen atoms in total. The summed E-state index contributed by atoms with van der Waals surface area (Å²) in [6.07, 6.45) is 1.19. The summed E-state index contributed by atoms with van der Waals surface area (Å²) >= 11 is 0. The summed E-state index contributed by atoms with van der Waals surface area (Å²) in [5.74, 6) is 1.55. The first-order valence-electron chi connectivity index (χ1n) is 7.28. The topological polar surface area (TPSA) is 32.3 Å². The number of carbonyl (C=O) groups excluding carboxylic acids is 1. The molecule has 0 aromatic rings. The van der Waals surface area contributed by atoms with Gasteiger partial charge in [0.25, 0.3) is 0 Å². The lowest BCUT2D eigenvalue weighted by Gasteiger charge is -2.42. The van der Waals surface area contributed by atoms with Gasteiger partial charge in [0.2, 0.25) is 5.91 Å². The largest absolute Gasteiger partial charge is 0.340 e. The molecule has 3 heteroatoms. The molecule has 0 saturated carbocycles. The average molecular weight is 254 g/mol. The maximum atomic E-state index is 12.4. The lowest BCUT2D eigenvalue weighted by molar-refractivity contribution is -0.142. The van der Waals surface area contributed by atoms with Crippen molar-refractivity contribution < 1.29 is 4.79 Å². The summed E-state index contributed by atoms with van der Waals surface area (Å²) < 4.78 is 0. The molecule has 0 aliphatic carbocycles. The molecule has 1 rings (SSSR count). The van der Waals surface area contributed by atoms with Crippen LogP contribution in [0.2, 0.25) is 0 Å². The first-order chi connectivity index (χ1) is 8.25. The van der Waals surface area contributed by atoms with Crippen LogP contribution in [0.3, 0.4) is 0 Å². The Morgan fingerprint density at radius 3 is 2.39 bits per heavy atom. The highest BCUT2D eigenvalue weighted by molar-refractivity contribution is 5.81. The highest BCUT2D eigenvalue weighted by Crippen LogP contribution is 2.27. The number of hydrogen-bond donors (Lipinski definition) is 1. The summed E-state index contributed by atoms with van der Waals surface area (Å²) in [4.78, 5) is 14.5. The number of carbonyl (C=O) groups is 1. The Kier molecular flexibility index (Phi) is 5.20. The van der Waals surface area contributed by atoms with Gasteiger partial charge >= 0.3 is 0 Å². The second kappa shape index (κ2) is 6.05. The minimum atomic E-state index is -0.268. The smallest absolute Gasteiger partial charge is 0.228 e. The molecule has 18 heavy (non-hydrogen) atoms. The van der Waals surface area contributed by atoms with Gasteiger partial charge in [0, 0.05) is 24.5 Å². The van der Waals surface area contributed by atoms with Crippen molar-refractivity contribution in [3.05, 3.63) is 0 Å². The van der Waals surface area contributed by atoms with Crippen molar-refractivity contribution in [3.8, 4) is 0 Å². The zero-order chi connectivity index (χ0) is 13.9. The van der Waals surface area contributed by atoms with Crippen LogP contribution >= 0.6 is 0 Å². The highest BCUT2D eigenvalue weighted by atomic mass is 16.2.